The van der Waals surface area contributed by atoms with E-state index < -0.39 is 17.6 Å². The molecule has 2 amide bonds. The molecule has 4 rings (SSSR count). The molecule has 1 N–H and O–H groups in total. The number of carbonyl (C=O) groups is 2. The second kappa shape index (κ2) is 9.57. The Hall–Kier alpha value is -2.60. The summed E-state index contributed by atoms with van der Waals surface area (Å²) in [6.07, 6.45) is -4.24. The van der Waals surface area contributed by atoms with Gasteiger partial charge in [-0.3, -0.25) is 4.79 Å². The average molecular weight is 500 g/mol. The number of hydrogen-bond donors (Lipinski definition) is 1. The van der Waals surface area contributed by atoms with Crippen LogP contribution in [0.3, 0.4) is 0 Å². The number of nitrogens with zero attached hydrogens (tertiary/aromatic N) is 4. The van der Waals surface area contributed by atoms with Crippen LogP contribution in [-0.2, 0) is 10.9 Å². The van der Waals surface area contributed by atoms with E-state index in [9.17, 15) is 22.8 Å². The van der Waals surface area contributed by atoms with E-state index in [0.717, 1.165) is 23.9 Å². The maximum absolute atomic E-state index is 13.8. The lowest BCUT2D eigenvalue weighted by atomic mass is 10.1. The molecule has 34 heavy (non-hydrogen) atoms. The Balaban J connectivity index is 1.47. The van der Waals surface area contributed by atoms with Crippen LogP contribution in [-0.4, -0.2) is 85.7 Å². The third kappa shape index (κ3) is 4.92. The lowest BCUT2D eigenvalue weighted by Gasteiger charge is -2.38. The Morgan fingerprint density at radius 2 is 1.91 bits per heavy atom. The topological polar surface area (TPSA) is 78.0 Å². The normalized spacial score (nSPS) is 20.6. The highest BCUT2D eigenvalue weighted by Gasteiger charge is 2.36. The van der Waals surface area contributed by atoms with Gasteiger partial charge in [0.1, 0.15) is 11.9 Å². The van der Waals surface area contributed by atoms with E-state index in [2.05, 4.69) is 22.1 Å². The highest BCUT2D eigenvalue weighted by atomic mass is 32.1. The van der Waals surface area contributed by atoms with E-state index in [4.69, 9.17) is 4.74 Å². The van der Waals surface area contributed by atoms with Crippen molar-refractivity contribution in [2.45, 2.75) is 38.1 Å². The van der Waals surface area contributed by atoms with E-state index in [1.165, 1.54) is 12.4 Å². The number of nitrogens with one attached hydrogen (secondary N) is 1. The first-order valence-electron chi connectivity index (χ1n) is 11.2. The second-order valence-electron chi connectivity index (χ2n) is 8.78. The van der Waals surface area contributed by atoms with Gasteiger partial charge < -0.3 is 24.8 Å². The van der Waals surface area contributed by atoms with Crippen LogP contribution < -0.4 is 10.2 Å². The zero-order chi connectivity index (χ0) is 24.6. The molecule has 0 saturated carbocycles. The minimum Gasteiger partial charge on any atom is -0.446 e. The maximum Gasteiger partial charge on any atom is 0.417 e. The molecule has 12 heteroatoms. The van der Waals surface area contributed by atoms with E-state index in [-0.39, 0.29) is 39.8 Å². The Kier molecular flexibility index (Phi) is 6.90. The number of fused-ring (bicyclic) bond motifs is 1. The van der Waals surface area contributed by atoms with E-state index >= 15 is 0 Å². The van der Waals surface area contributed by atoms with Crippen molar-refractivity contribution in [2.75, 3.05) is 51.7 Å². The van der Waals surface area contributed by atoms with Gasteiger partial charge in [-0.25, -0.2) is 9.78 Å². The van der Waals surface area contributed by atoms with Crippen LogP contribution in [0.1, 0.15) is 35.7 Å². The minimum absolute atomic E-state index is 0.0481. The highest BCUT2D eigenvalue weighted by Crippen LogP contribution is 2.40. The van der Waals surface area contributed by atoms with Crippen LogP contribution >= 0.6 is 11.3 Å². The molecule has 2 aromatic heterocycles. The van der Waals surface area contributed by atoms with Gasteiger partial charge >= 0.3 is 12.3 Å². The molecule has 0 radical (unpaired) electrons. The van der Waals surface area contributed by atoms with Gasteiger partial charge in [-0.1, -0.05) is 0 Å². The zero-order valence-electron chi connectivity index (χ0n) is 19.3. The number of thiophene rings is 1. The third-order valence-corrected chi connectivity index (χ3v) is 7.54. The van der Waals surface area contributed by atoms with Gasteiger partial charge in [0.2, 0.25) is 0 Å². The van der Waals surface area contributed by atoms with Crippen LogP contribution in [0.15, 0.2) is 11.4 Å². The van der Waals surface area contributed by atoms with Crippen LogP contribution in [0.4, 0.5) is 23.8 Å². The molecule has 4 heterocycles. The number of aromatic nitrogens is 1. The Morgan fingerprint density at radius 3 is 2.53 bits per heavy atom. The largest absolute Gasteiger partial charge is 0.446 e. The smallest absolute Gasteiger partial charge is 0.417 e. The van der Waals surface area contributed by atoms with E-state index in [1.54, 1.807) is 9.80 Å². The molecule has 0 aliphatic carbocycles. The first-order valence-corrected chi connectivity index (χ1v) is 12.1. The Labute approximate surface area is 199 Å². The van der Waals surface area contributed by atoms with Gasteiger partial charge in [-0.05, 0) is 20.0 Å². The summed E-state index contributed by atoms with van der Waals surface area (Å²) in [5.74, 6) is -0.311. The van der Waals surface area contributed by atoms with Gasteiger partial charge in [0.15, 0.2) is 0 Å². The molecule has 8 nitrogen and oxygen atoms in total. The van der Waals surface area contributed by atoms with Gasteiger partial charge in [0, 0.05) is 64.0 Å². The molecule has 2 fully saturated rings. The number of anilines is 1. The Bertz CT molecular complexity index is 1070. The first-order chi connectivity index (χ1) is 16.1. The average Bonchev–Trinajstić information content (AvgIpc) is 3.23. The fourth-order valence-electron chi connectivity index (χ4n) is 4.30. The van der Waals surface area contributed by atoms with Crippen LogP contribution in [0, 0.1) is 0 Å². The first kappa shape index (κ1) is 24.5. The second-order valence-corrected chi connectivity index (χ2v) is 9.66. The number of alkyl halides is 3. The van der Waals surface area contributed by atoms with Gasteiger partial charge in [0.25, 0.3) is 5.91 Å². The fraction of sp³-hybridized carbons (Fsp3) is 0.591. The van der Waals surface area contributed by atoms with Crippen molar-refractivity contribution in [3.05, 3.63) is 22.6 Å². The molecule has 0 unspecified atom stereocenters. The van der Waals surface area contributed by atoms with Crippen molar-refractivity contribution in [3.63, 3.8) is 0 Å². The molecule has 2 aliphatic heterocycles. The highest BCUT2D eigenvalue weighted by molar-refractivity contribution is 7.17. The van der Waals surface area contributed by atoms with Crippen molar-refractivity contribution in [1.82, 2.24) is 20.1 Å². The van der Waals surface area contributed by atoms with Gasteiger partial charge in [-0.2, -0.15) is 13.2 Å². The lowest BCUT2D eigenvalue weighted by Crippen LogP contribution is -2.53. The molecule has 2 saturated heterocycles. The molecule has 1 atom stereocenters. The lowest BCUT2D eigenvalue weighted by molar-refractivity contribution is -0.136. The monoisotopic (exact) mass is 499 g/mol. The molecule has 0 bridgehead atoms. The number of piperidine rings is 1. The molecular weight excluding hydrogens is 471 g/mol. The fourth-order valence-corrected chi connectivity index (χ4v) is 5.32. The molecule has 2 aromatic rings. The quantitative estimate of drug-likeness (QED) is 0.698. The minimum atomic E-state index is -4.58. The predicted octanol–water partition coefficient (Wildman–Crippen LogP) is 3.42. The van der Waals surface area contributed by atoms with Gasteiger partial charge in [0.05, 0.1) is 21.3 Å². The number of piperazine rings is 1. The number of hydrogen-bond acceptors (Lipinski definition) is 7. The summed E-state index contributed by atoms with van der Waals surface area (Å²) in [7, 11) is 3.45. The molecule has 2 aliphatic rings. The summed E-state index contributed by atoms with van der Waals surface area (Å²) in [5.41, 5.74) is -0.627. The van der Waals surface area contributed by atoms with Crippen LogP contribution in [0.5, 0.6) is 0 Å². The molecule has 186 valence electrons. The summed E-state index contributed by atoms with van der Waals surface area (Å²) < 4.78 is 47.0. The Morgan fingerprint density at radius 1 is 1.21 bits per heavy atom. The van der Waals surface area contributed by atoms with Crippen molar-refractivity contribution >= 4 is 39.4 Å². The summed E-state index contributed by atoms with van der Waals surface area (Å²) in [6.45, 7) is 4.84. The summed E-state index contributed by atoms with van der Waals surface area (Å²) in [4.78, 5) is 34.8. The van der Waals surface area contributed by atoms with Crippen molar-refractivity contribution < 1.29 is 27.5 Å². The summed E-state index contributed by atoms with van der Waals surface area (Å²) >= 11 is 0.860. The van der Waals surface area contributed by atoms with Crippen molar-refractivity contribution in [1.29, 1.82) is 0 Å². The maximum atomic E-state index is 13.8. The van der Waals surface area contributed by atoms with E-state index in [1.807, 2.05) is 7.05 Å². The molecular formula is C22H28F3N5O3S. The molecule has 0 spiro atoms. The number of likely N-dealkylation sites (N-methyl/N-ethyl adjacent to an activating group) is 1. The van der Waals surface area contributed by atoms with Crippen LogP contribution in [0.25, 0.3) is 10.2 Å². The van der Waals surface area contributed by atoms with Gasteiger partial charge in [-0.15, -0.1) is 11.3 Å². The predicted molar refractivity (Wildman–Crippen MR) is 123 cm³/mol. The third-order valence-electron chi connectivity index (χ3n) is 6.54. The SMILES string of the molecule is CNC(=O)c1csc2c(C(F)(F)F)cc(N3CCC(OC(=O)N4CCN(C)[C@H](C)C4)CC3)nc12. The van der Waals surface area contributed by atoms with Crippen molar-refractivity contribution in [2.24, 2.45) is 0 Å². The number of carbonyl (C=O) groups excluding carboxylic acids is 2. The summed E-state index contributed by atoms with van der Waals surface area (Å²) in [5, 5.41) is 3.85. The van der Waals surface area contributed by atoms with Crippen molar-refractivity contribution in [3.8, 4) is 0 Å². The van der Waals surface area contributed by atoms with E-state index in [0.29, 0.717) is 39.0 Å². The zero-order valence-corrected chi connectivity index (χ0v) is 20.1. The standard InChI is InChI=1S/C22H28F3N5O3S/c1-13-11-30(9-8-28(13)3)21(32)33-14-4-6-29(7-5-14)17-10-16(22(23,24)25)19-18(27-17)15(12-34-19)20(31)26-2/h10,12-14H,4-9,11H2,1-3H3,(H,26,31)/t13-/m1/s1. The number of ether oxygens (including phenoxy) is 1. The number of pyridine rings is 1. The molecule has 0 aromatic carbocycles. The number of rotatable bonds is 3. The number of halogens is 3. The summed E-state index contributed by atoms with van der Waals surface area (Å²) in [6, 6.07) is 1.30. The van der Waals surface area contributed by atoms with Crippen LogP contribution in [0.2, 0.25) is 0 Å². The number of amides is 2.